The Labute approximate surface area is 86.3 Å². The molecule has 1 aromatic rings. The summed E-state index contributed by atoms with van der Waals surface area (Å²) in [5, 5.41) is 0. The quantitative estimate of drug-likeness (QED) is 0.721. The molecular formula is C12H20N2. The summed E-state index contributed by atoms with van der Waals surface area (Å²) in [5.74, 6) is 0. The minimum atomic E-state index is 0.0931. The SMILES string of the molecule is CCCCC(N)c1ccc(C)cc1N. The van der Waals surface area contributed by atoms with Crippen LogP contribution in [0, 0.1) is 6.92 Å². The van der Waals surface area contributed by atoms with Crippen LogP contribution in [0.1, 0.15) is 43.4 Å². The van der Waals surface area contributed by atoms with Crippen molar-refractivity contribution in [2.45, 2.75) is 39.2 Å². The number of benzene rings is 1. The number of aryl methyl sites for hydroxylation is 1. The van der Waals surface area contributed by atoms with Gasteiger partial charge in [-0.05, 0) is 30.5 Å². The molecule has 0 aromatic heterocycles. The molecule has 1 aromatic carbocycles. The Morgan fingerprint density at radius 1 is 1.36 bits per heavy atom. The predicted molar refractivity (Wildman–Crippen MR) is 62.0 cm³/mol. The van der Waals surface area contributed by atoms with E-state index in [1.165, 1.54) is 12.0 Å². The van der Waals surface area contributed by atoms with Gasteiger partial charge in [-0.25, -0.2) is 0 Å². The van der Waals surface area contributed by atoms with Crippen molar-refractivity contribution < 1.29 is 0 Å². The van der Waals surface area contributed by atoms with E-state index in [1.807, 2.05) is 19.1 Å². The van der Waals surface area contributed by atoms with Gasteiger partial charge in [0, 0.05) is 11.7 Å². The van der Waals surface area contributed by atoms with Gasteiger partial charge in [0.15, 0.2) is 0 Å². The fraction of sp³-hybridized carbons (Fsp3) is 0.500. The Bertz CT molecular complexity index is 294. The molecule has 0 spiro atoms. The van der Waals surface area contributed by atoms with Crippen LogP contribution in [0.4, 0.5) is 5.69 Å². The zero-order valence-electron chi connectivity index (χ0n) is 9.09. The van der Waals surface area contributed by atoms with Crippen molar-refractivity contribution in [1.82, 2.24) is 0 Å². The molecule has 2 nitrogen and oxygen atoms in total. The first kappa shape index (κ1) is 11.1. The average molecular weight is 192 g/mol. The first-order valence-electron chi connectivity index (χ1n) is 5.26. The van der Waals surface area contributed by atoms with Gasteiger partial charge in [-0.1, -0.05) is 31.9 Å². The third-order valence-corrected chi connectivity index (χ3v) is 2.51. The second-order valence-electron chi connectivity index (χ2n) is 3.88. The van der Waals surface area contributed by atoms with Crippen LogP contribution < -0.4 is 11.5 Å². The average Bonchev–Trinajstić information content (AvgIpc) is 2.14. The minimum Gasteiger partial charge on any atom is -0.398 e. The van der Waals surface area contributed by atoms with Crippen molar-refractivity contribution in [3.63, 3.8) is 0 Å². The molecule has 0 radical (unpaired) electrons. The zero-order chi connectivity index (χ0) is 10.6. The van der Waals surface area contributed by atoms with Gasteiger partial charge < -0.3 is 11.5 Å². The molecule has 0 bridgehead atoms. The van der Waals surface area contributed by atoms with Crippen molar-refractivity contribution in [2.24, 2.45) is 5.73 Å². The molecule has 0 aliphatic carbocycles. The van der Waals surface area contributed by atoms with Gasteiger partial charge in [0.1, 0.15) is 0 Å². The van der Waals surface area contributed by atoms with Gasteiger partial charge in [-0.2, -0.15) is 0 Å². The van der Waals surface area contributed by atoms with Crippen LogP contribution in [0.5, 0.6) is 0 Å². The molecule has 0 heterocycles. The van der Waals surface area contributed by atoms with Gasteiger partial charge in [0.05, 0.1) is 0 Å². The molecular weight excluding hydrogens is 172 g/mol. The number of rotatable bonds is 4. The Kier molecular flexibility index (Phi) is 3.96. The van der Waals surface area contributed by atoms with Gasteiger partial charge >= 0.3 is 0 Å². The maximum atomic E-state index is 6.05. The summed E-state index contributed by atoms with van der Waals surface area (Å²) in [7, 11) is 0. The van der Waals surface area contributed by atoms with Gasteiger partial charge in [-0.3, -0.25) is 0 Å². The van der Waals surface area contributed by atoms with E-state index in [4.69, 9.17) is 11.5 Å². The highest BCUT2D eigenvalue weighted by Gasteiger charge is 2.08. The number of nitrogen functional groups attached to an aromatic ring is 1. The maximum Gasteiger partial charge on any atom is 0.0365 e. The summed E-state index contributed by atoms with van der Waals surface area (Å²) in [6.07, 6.45) is 3.36. The molecule has 2 heteroatoms. The lowest BCUT2D eigenvalue weighted by Gasteiger charge is -2.14. The second kappa shape index (κ2) is 5.01. The highest BCUT2D eigenvalue weighted by Crippen LogP contribution is 2.23. The molecule has 0 saturated carbocycles. The van der Waals surface area contributed by atoms with Crippen molar-refractivity contribution in [2.75, 3.05) is 5.73 Å². The van der Waals surface area contributed by atoms with E-state index in [2.05, 4.69) is 13.0 Å². The lowest BCUT2D eigenvalue weighted by Crippen LogP contribution is -2.12. The third-order valence-electron chi connectivity index (χ3n) is 2.51. The lowest BCUT2D eigenvalue weighted by molar-refractivity contribution is 0.605. The highest BCUT2D eigenvalue weighted by atomic mass is 14.7. The number of unbranched alkanes of at least 4 members (excludes halogenated alkanes) is 1. The van der Waals surface area contributed by atoms with Gasteiger partial charge in [-0.15, -0.1) is 0 Å². The summed E-state index contributed by atoms with van der Waals surface area (Å²) in [6, 6.07) is 6.19. The Morgan fingerprint density at radius 3 is 2.64 bits per heavy atom. The Hall–Kier alpha value is -1.02. The van der Waals surface area contributed by atoms with E-state index < -0.39 is 0 Å². The van der Waals surface area contributed by atoms with Crippen LogP contribution in [0.15, 0.2) is 18.2 Å². The molecule has 0 aliphatic heterocycles. The topological polar surface area (TPSA) is 52.0 Å². The van der Waals surface area contributed by atoms with Crippen LogP contribution in [0.25, 0.3) is 0 Å². The summed E-state index contributed by atoms with van der Waals surface area (Å²) < 4.78 is 0. The zero-order valence-corrected chi connectivity index (χ0v) is 9.09. The monoisotopic (exact) mass is 192 g/mol. The minimum absolute atomic E-state index is 0.0931. The molecule has 0 fully saturated rings. The Balaban J connectivity index is 2.74. The van der Waals surface area contributed by atoms with Crippen LogP contribution >= 0.6 is 0 Å². The highest BCUT2D eigenvalue weighted by molar-refractivity contribution is 5.50. The summed E-state index contributed by atoms with van der Waals surface area (Å²) in [4.78, 5) is 0. The van der Waals surface area contributed by atoms with Gasteiger partial charge in [0.25, 0.3) is 0 Å². The molecule has 1 rings (SSSR count). The fourth-order valence-corrected chi connectivity index (χ4v) is 1.61. The van der Waals surface area contributed by atoms with E-state index in [-0.39, 0.29) is 6.04 Å². The van der Waals surface area contributed by atoms with Crippen molar-refractivity contribution >= 4 is 5.69 Å². The largest absolute Gasteiger partial charge is 0.398 e. The third kappa shape index (κ3) is 2.74. The summed E-state index contributed by atoms with van der Waals surface area (Å²) >= 11 is 0. The van der Waals surface area contributed by atoms with E-state index in [1.54, 1.807) is 0 Å². The predicted octanol–water partition coefficient (Wildman–Crippen LogP) is 2.77. The first-order valence-corrected chi connectivity index (χ1v) is 5.26. The van der Waals surface area contributed by atoms with Gasteiger partial charge in [0.2, 0.25) is 0 Å². The van der Waals surface area contributed by atoms with Crippen LogP contribution in [-0.4, -0.2) is 0 Å². The van der Waals surface area contributed by atoms with Crippen molar-refractivity contribution in [3.8, 4) is 0 Å². The van der Waals surface area contributed by atoms with E-state index >= 15 is 0 Å². The van der Waals surface area contributed by atoms with E-state index in [0.717, 1.165) is 24.1 Å². The molecule has 4 N–H and O–H groups in total. The molecule has 0 aliphatic rings. The molecule has 0 saturated heterocycles. The Morgan fingerprint density at radius 2 is 2.07 bits per heavy atom. The molecule has 0 amide bonds. The first-order chi connectivity index (χ1) is 6.65. The van der Waals surface area contributed by atoms with Crippen LogP contribution in [-0.2, 0) is 0 Å². The molecule has 14 heavy (non-hydrogen) atoms. The number of nitrogens with two attached hydrogens (primary N) is 2. The van der Waals surface area contributed by atoms with Crippen LogP contribution in [0.2, 0.25) is 0 Å². The van der Waals surface area contributed by atoms with Crippen molar-refractivity contribution in [1.29, 1.82) is 0 Å². The molecule has 78 valence electrons. The maximum absolute atomic E-state index is 6.05. The second-order valence-corrected chi connectivity index (χ2v) is 3.88. The van der Waals surface area contributed by atoms with Crippen LogP contribution in [0.3, 0.4) is 0 Å². The number of anilines is 1. The van der Waals surface area contributed by atoms with E-state index in [0.29, 0.717) is 0 Å². The standard InChI is InChI=1S/C12H20N2/c1-3-4-5-11(13)10-7-6-9(2)8-12(10)14/h6-8,11H,3-5,13-14H2,1-2H3. The summed E-state index contributed by atoms with van der Waals surface area (Å²) in [5.41, 5.74) is 15.1. The fourth-order valence-electron chi connectivity index (χ4n) is 1.61. The molecule has 1 unspecified atom stereocenters. The normalized spacial score (nSPS) is 12.8. The molecule has 1 atom stereocenters. The van der Waals surface area contributed by atoms with E-state index in [9.17, 15) is 0 Å². The number of hydrogen-bond donors (Lipinski definition) is 2. The smallest absolute Gasteiger partial charge is 0.0365 e. The number of hydrogen-bond acceptors (Lipinski definition) is 2. The lowest BCUT2D eigenvalue weighted by atomic mass is 9.99. The van der Waals surface area contributed by atoms with Crippen molar-refractivity contribution in [3.05, 3.63) is 29.3 Å². The summed E-state index contributed by atoms with van der Waals surface area (Å²) in [6.45, 7) is 4.21.